The molecule has 25 heavy (non-hydrogen) atoms. The van der Waals surface area contributed by atoms with Crippen LogP contribution in [0, 0.1) is 5.92 Å². The maximum Gasteiger partial charge on any atom is 0.321 e. The number of amides is 2. The van der Waals surface area contributed by atoms with E-state index in [2.05, 4.69) is 22.3 Å². The van der Waals surface area contributed by atoms with Crippen molar-refractivity contribution in [3.05, 3.63) is 24.3 Å². The third-order valence-corrected chi connectivity index (χ3v) is 5.28. The maximum absolute atomic E-state index is 12.6. The molecule has 1 N–H and O–H groups in total. The molecule has 5 nitrogen and oxygen atoms in total. The van der Waals surface area contributed by atoms with Crippen molar-refractivity contribution in [3.63, 3.8) is 0 Å². The maximum atomic E-state index is 12.6. The number of hydrogen-bond acceptors (Lipinski definition) is 3. The van der Waals surface area contributed by atoms with E-state index >= 15 is 0 Å². The summed E-state index contributed by atoms with van der Waals surface area (Å²) in [4.78, 5) is 17.0. The number of methoxy groups -OCH3 is 1. The van der Waals surface area contributed by atoms with E-state index < -0.39 is 0 Å². The highest BCUT2D eigenvalue weighted by molar-refractivity contribution is 5.90. The van der Waals surface area contributed by atoms with Gasteiger partial charge in [-0.3, -0.25) is 0 Å². The minimum atomic E-state index is 0.00817. The van der Waals surface area contributed by atoms with Gasteiger partial charge in [-0.05, 0) is 43.9 Å². The summed E-state index contributed by atoms with van der Waals surface area (Å²) < 4.78 is 5.26. The highest BCUT2D eigenvalue weighted by Crippen LogP contribution is 2.24. The second-order valence-corrected chi connectivity index (χ2v) is 7.29. The Hall–Kier alpha value is -1.75. The number of carbonyl (C=O) groups excluding carboxylic acids is 1. The van der Waals surface area contributed by atoms with Crippen molar-refractivity contribution in [1.29, 1.82) is 0 Å². The van der Waals surface area contributed by atoms with E-state index in [1.54, 1.807) is 7.11 Å². The van der Waals surface area contributed by atoms with E-state index in [1.807, 2.05) is 17.0 Å². The Balaban J connectivity index is 1.60. The van der Waals surface area contributed by atoms with Crippen molar-refractivity contribution in [3.8, 4) is 0 Å². The molecule has 2 amide bonds. The van der Waals surface area contributed by atoms with Crippen LogP contribution in [-0.2, 0) is 4.74 Å². The zero-order valence-corrected chi connectivity index (χ0v) is 15.4. The number of rotatable bonds is 4. The highest BCUT2D eigenvalue weighted by atomic mass is 16.5. The third kappa shape index (κ3) is 5.11. The summed E-state index contributed by atoms with van der Waals surface area (Å²) in [6, 6.07) is 8.29. The number of benzene rings is 1. The molecule has 0 radical (unpaired) electrons. The molecule has 2 aliphatic rings. The van der Waals surface area contributed by atoms with Crippen molar-refractivity contribution in [1.82, 2.24) is 4.90 Å². The molecule has 0 spiro atoms. The van der Waals surface area contributed by atoms with Crippen LogP contribution in [0.2, 0.25) is 0 Å². The zero-order valence-electron chi connectivity index (χ0n) is 15.4. The highest BCUT2D eigenvalue weighted by Gasteiger charge is 2.23. The standard InChI is InChI=1S/C20H31N3O2/c1-25-16-17-8-7-13-23(15-17)20(24)21-18-9-6-10-19(14-18)22-11-4-2-3-5-12-22/h6,9-10,14,17H,2-5,7-8,11-13,15-16H2,1H3,(H,21,24). The molecular formula is C20H31N3O2. The van der Waals surface area contributed by atoms with E-state index in [4.69, 9.17) is 4.74 Å². The van der Waals surface area contributed by atoms with Crippen LogP contribution in [0.1, 0.15) is 38.5 Å². The van der Waals surface area contributed by atoms with Crippen molar-refractivity contribution in [2.24, 2.45) is 5.92 Å². The molecule has 0 aliphatic carbocycles. The molecule has 1 unspecified atom stereocenters. The van der Waals surface area contributed by atoms with Gasteiger partial charge in [0.15, 0.2) is 0 Å². The van der Waals surface area contributed by atoms with Gasteiger partial charge in [-0.25, -0.2) is 4.79 Å². The Morgan fingerprint density at radius 3 is 2.72 bits per heavy atom. The quantitative estimate of drug-likeness (QED) is 0.898. The smallest absolute Gasteiger partial charge is 0.321 e. The number of hydrogen-bond donors (Lipinski definition) is 1. The molecule has 138 valence electrons. The lowest BCUT2D eigenvalue weighted by Gasteiger charge is -2.32. The Kier molecular flexibility index (Phi) is 6.56. The van der Waals surface area contributed by atoms with Crippen LogP contribution in [0.25, 0.3) is 0 Å². The average molecular weight is 345 g/mol. The fraction of sp³-hybridized carbons (Fsp3) is 0.650. The van der Waals surface area contributed by atoms with Gasteiger partial charge in [-0.1, -0.05) is 18.9 Å². The molecule has 2 aliphatic heterocycles. The molecule has 2 saturated heterocycles. The minimum Gasteiger partial charge on any atom is -0.384 e. The SMILES string of the molecule is COCC1CCCN(C(=O)Nc2cccc(N3CCCCCC3)c2)C1. The topological polar surface area (TPSA) is 44.8 Å². The first-order valence-corrected chi connectivity index (χ1v) is 9.66. The summed E-state index contributed by atoms with van der Waals surface area (Å²) in [5.41, 5.74) is 2.11. The van der Waals surface area contributed by atoms with Gasteiger partial charge in [0.1, 0.15) is 0 Å². The predicted molar refractivity (Wildman–Crippen MR) is 102 cm³/mol. The lowest BCUT2D eigenvalue weighted by Crippen LogP contribution is -2.43. The van der Waals surface area contributed by atoms with Crippen LogP contribution in [0.3, 0.4) is 0 Å². The predicted octanol–water partition coefficient (Wildman–Crippen LogP) is 3.96. The fourth-order valence-corrected chi connectivity index (χ4v) is 3.93. The van der Waals surface area contributed by atoms with Gasteiger partial charge in [0.05, 0.1) is 6.61 Å². The van der Waals surface area contributed by atoms with Gasteiger partial charge in [-0.2, -0.15) is 0 Å². The van der Waals surface area contributed by atoms with Gasteiger partial charge in [0, 0.05) is 50.6 Å². The largest absolute Gasteiger partial charge is 0.384 e. The van der Waals surface area contributed by atoms with Crippen LogP contribution in [0.4, 0.5) is 16.2 Å². The van der Waals surface area contributed by atoms with Gasteiger partial charge in [0.25, 0.3) is 0 Å². The van der Waals surface area contributed by atoms with Crippen LogP contribution in [0.5, 0.6) is 0 Å². The summed E-state index contributed by atoms with van der Waals surface area (Å²) in [5.74, 6) is 0.452. The Labute approximate surface area is 151 Å². The van der Waals surface area contributed by atoms with Crippen molar-refractivity contribution in [2.75, 3.05) is 50.1 Å². The Bertz CT molecular complexity index is 554. The molecule has 1 aromatic carbocycles. The Morgan fingerprint density at radius 2 is 1.96 bits per heavy atom. The zero-order chi connectivity index (χ0) is 17.5. The van der Waals surface area contributed by atoms with E-state index in [0.717, 1.165) is 51.3 Å². The van der Waals surface area contributed by atoms with Gasteiger partial charge in [0.2, 0.25) is 0 Å². The molecule has 0 saturated carbocycles. The number of urea groups is 1. The first-order valence-electron chi connectivity index (χ1n) is 9.66. The normalized spacial score (nSPS) is 21.7. The van der Waals surface area contributed by atoms with Gasteiger partial charge in [-0.15, -0.1) is 0 Å². The fourth-order valence-electron chi connectivity index (χ4n) is 3.93. The van der Waals surface area contributed by atoms with Crippen LogP contribution < -0.4 is 10.2 Å². The molecule has 0 bridgehead atoms. The average Bonchev–Trinajstić information content (AvgIpc) is 2.92. The first kappa shape index (κ1) is 18.1. The molecule has 1 atom stereocenters. The number of nitrogens with zero attached hydrogens (tertiary/aromatic N) is 2. The number of carbonyl (C=O) groups is 1. The summed E-state index contributed by atoms with van der Waals surface area (Å²) in [7, 11) is 1.73. The number of ether oxygens (including phenoxy) is 1. The Morgan fingerprint density at radius 1 is 1.16 bits per heavy atom. The molecule has 2 fully saturated rings. The minimum absolute atomic E-state index is 0.00817. The van der Waals surface area contributed by atoms with Crippen molar-refractivity contribution < 1.29 is 9.53 Å². The van der Waals surface area contributed by atoms with Crippen LogP contribution in [-0.4, -0.2) is 50.8 Å². The first-order chi connectivity index (χ1) is 12.3. The lowest BCUT2D eigenvalue weighted by molar-refractivity contribution is 0.104. The summed E-state index contributed by atoms with van der Waals surface area (Å²) in [6.45, 7) is 4.57. The summed E-state index contributed by atoms with van der Waals surface area (Å²) in [5, 5.41) is 3.09. The van der Waals surface area contributed by atoms with E-state index in [1.165, 1.54) is 31.4 Å². The number of likely N-dealkylation sites (tertiary alicyclic amines) is 1. The molecule has 2 heterocycles. The molecule has 1 aromatic rings. The third-order valence-electron chi connectivity index (χ3n) is 5.28. The second-order valence-electron chi connectivity index (χ2n) is 7.29. The monoisotopic (exact) mass is 345 g/mol. The lowest BCUT2D eigenvalue weighted by atomic mass is 9.99. The van der Waals surface area contributed by atoms with Gasteiger partial charge < -0.3 is 19.9 Å². The van der Waals surface area contributed by atoms with Crippen molar-refractivity contribution >= 4 is 17.4 Å². The van der Waals surface area contributed by atoms with E-state index in [0.29, 0.717) is 5.92 Å². The van der Waals surface area contributed by atoms with E-state index in [9.17, 15) is 4.79 Å². The summed E-state index contributed by atoms with van der Waals surface area (Å²) >= 11 is 0. The molecule has 3 rings (SSSR count). The summed E-state index contributed by atoms with van der Waals surface area (Å²) in [6.07, 6.45) is 7.35. The van der Waals surface area contributed by atoms with Crippen LogP contribution in [0.15, 0.2) is 24.3 Å². The number of nitrogens with one attached hydrogen (secondary N) is 1. The van der Waals surface area contributed by atoms with Crippen molar-refractivity contribution in [2.45, 2.75) is 38.5 Å². The second kappa shape index (κ2) is 9.09. The van der Waals surface area contributed by atoms with Crippen LogP contribution >= 0.6 is 0 Å². The number of anilines is 2. The molecular weight excluding hydrogens is 314 g/mol. The van der Waals surface area contributed by atoms with E-state index in [-0.39, 0.29) is 6.03 Å². The molecule has 0 aromatic heterocycles. The van der Waals surface area contributed by atoms with Gasteiger partial charge >= 0.3 is 6.03 Å². The number of piperidine rings is 1. The molecule has 5 heteroatoms.